The normalized spacial score (nSPS) is 20.0. The lowest BCUT2D eigenvalue weighted by atomic mass is 9.98. The molecule has 0 radical (unpaired) electrons. The summed E-state index contributed by atoms with van der Waals surface area (Å²) in [6.07, 6.45) is 2.42. The highest BCUT2D eigenvalue weighted by Crippen LogP contribution is 2.28. The van der Waals surface area contributed by atoms with Crippen molar-refractivity contribution in [3.8, 4) is 0 Å². The second-order valence-corrected chi connectivity index (χ2v) is 4.95. The molecule has 0 saturated carbocycles. The molecule has 1 unspecified atom stereocenters. The Kier molecular flexibility index (Phi) is 2.25. The predicted octanol–water partition coefficient (Wildman–Crippen LogP) is 2.47. The van der Waals surface area contributed by atoms with Crippen LogP contribution in [-0.2, 0) is 13.0 Å². The number of rotatable bonds is 1. The lowest BCUT2D eigenvalue weighted by Crippen LogP contribution is -2.25. The SMILES string of the molecule is Cc1ccc2cc3n(c2c1)CC(CN)CC3. The summed E-state index contributed by atoms with van der Waals surface area (Å²) in [7, 11) is 0. The van der Waals surface area contributed by atoms with Crippen LogP contribution in [0.2, 0.25) is 0 Å². The molecule has 3 rings (SSSR count). The Balaban J connectivity index is 2.15. The lowest BCUT2D eigenvalue weighted by molar-refractivity contribution is 0.385. The maximum atomic E-state index is 5.79. The first-order chi connectivity index (χ1) is 7.78. The summed E-state index contributed by atoms with van der Waals surface area (Å²) in [4.78, 5) is 0. The molecule has 2 heteroatoms. The molecule has 0 bridgehead atoms. The molecule has 16 heavy (non-hydrogen) atoms. The Hall–Kier alpha value is -1.28. The molecule has 1 atom stereocenters. The van der Waals surface area contributed by atoms with Crippen LogP contribution < -0.4 is 5.73 Å². The summed E-state index contributed by atoms with van der Waals surface area (Å²) in [6, 6.07) is 9.04. The fourth-order valence-corrected chi connectivity index (χ4v) is 2.74. The maximum absolute atomic E-state index is 5.79. The van der Waals surface area contributed by atoms with E-state index in [1.54, 1.807) is 0 Å². The van der Waals surface area contributed by atoms with Gasteiger partial charge in [-0.1, -0.05) is 12.1 Å². The van der Waals surface area contributed by atoms with Crippen molar-refractivity contribution in [3.63, 3.8) is 0 Å². The van der Waals surface area contributed by atoms with Crippen LogP contribution >= 0.6 is 0 Å². The van der Waals surface area contributed by atoms with Gasteiger partial charge in [-0.2, -0.15) is 0 Å². The van der Waals surface area contributed by atoms with Gasteiger partial charge in [0.25, 0.3) is 0 Å². The maximum Gasteiger partial charge on any atom is 0.0485 e. The first-order valence-corrected chi connectivity index (χ1v) is 6.07. The minimum atomic E-state index is 0.656. The Labute approximate surface area is 96.1 Å². The highest BCUT2D eigenvalue weighted by atomic mass is 15.0. The smallest absolute Gasteiger partial charge is 0.0485 e. The average molecular weight is 214 g/mol. The second kappa shape index (κ2) is 3.63. The summed E-state index contributed by atoms with van der Waals surface area (Å²) in [6.45, 7) is 4.06. The summed E-state index contributed by atoms with van der Waals surface area (Å²) in [5.41, 5.74) is 9.99. The summed E-state index contributed by atoms with van der Waals surface area (Å²) >= 11 is 0. The summed E-state index contributed by atoms with van der Waals surface area (Å²) in [5, 5.41) is 1.37. The first kappa shape index (κ1) is 9.91. The van der Waals surface area contributed by atoms with Gasteiger partial charge in [0.05, 0.1) is 0 Å². The van der Waals surface area contributed by atoms with E-state index in [2.05, 4.69) is 35.8 Å². The van der Waals surface area contributed by atoms with E-state index in [1.807, 2.05) is 0 Å². The van der Waals surface area contributed by atoms with Crippen molar-refractivity contribution >= 4 is 10.9 Å². The monoisotopic (exact) mass is 214 g/mol. The van der Waals surface area contributed by atoms with Crippen molar-refractivity contribution in [1.82, 2.24) is 4.57 Å². The number of fused-ring (bicyclic) bond motifs is 3. The van der Waals surface area contributed by atoms with Crippen LogP contribution in [0, 0.1) is 12.8 Å². The zero-order valence-corrected chi connectivity index (χ0v) is 9.74. The van der Waals surface area contributed by atoms with Gasteiger partial charge < -0.3 is 10.3 Å². The quantitative estimate of drug-likeness (QED) is 0.776. The molecule has 0 amide bonds. The van der Waals surface area contributed by atoms with Gasteiger partial charge in [0.2, 0.25) is 0 Å². The second-order valence-electron chi connectivity index (χ2n) is 4.95. The Bertz CT molecular complexity index is 525. The van der Waals surface area contributed by atoms with Gasteiger partial charge in [-0.25, -0.2) is 0 Å². The van der Waals surface area contributed by atoms with Crippen LogP contribution in [0.25, 0.3) is 10.9 Å². The van der Waals surface area contributed by atoms with E-state index >= 15 is 0 Å². The van der Waals surface area contributed by atoms with E-state index in [1.165, 1.54) is 35.0 Å². The molecular weight excluding hydrogens is 196 g/mol. The molecule has 0 spiro atoms. The molecule has 1 aliphatic heterocycles. The third-order valence-corrected chi connectivity index (χ3v) is 3.73. The van der Waals surface area contributed by atoms with Gasteiger partial charge in [0.15, 0.2) is 0 Å². The van der Waals surface area contributed by atoms with Crippen LogP contribution in [0.4, 0.5) is 0 Å². The Morgan fingerprint density at radius 1 is 1.38 bits per heavy atom. The van der Waals surface area contributed by atoms with Gasteiger partial charge in [-0.3, -0.25) is 0 Å². The van der Waals surface area contributed by atoms with Crippen molar-refractivity contribution in [2.45, 2.75) is 26.3 Å². The van der Waals surface area contributed by atoms with Gasteiger partial charge in [-0.15, -0.1) is 0 Å². The van der Waals surface area contributed by atoms with E-state index in [-0.39, 0.29) is 0 Å². The molecule has 2 heterocycles. The highest BCUT2D eigenvalue weighted by molar-refractivity contribution is 5.82. The molecule has 0 aliphatic carbocycles. The number of aryl methyl sites for hydroxylation is 2. The lowest BCUT2D eigenvalue weighted by Gasteiger charge is -2.24. The Morgan fingerprint density at radius 2 is 2.25 bits per heavy atom. The highest BCUT2D eigenvalue weighted by Gasteiger charge is 2.19. The van der Waals surface area contributed by atoms with Crippen LogP contribution in [-0.4, -0.2) is 11.1 Å². The molecular formula is C14H18N2. The van der Waals surface area contributed by atoms with Crippen molar-refractivity contribution in [2.75, 3.05) is 6.54 Å². The van der Waals surface area contributed by atoms with E-state index in [0.717, 1.165) is 13.1 Å². The van der Waals surface area contributed by atoms with Crippen LogP contribution in [0.1, 0.15) is 17.7 Å². The summed E-state index contributed by atoms with van der Waals surface area (Å²) < 4.78 is 2.46. The van der Waals surface area contributed by atoms with E-state index in [9.17, 15) is 0 Å². The van der Waals surface area contributed by atoms with Crippen molar-refractivity contribution in [1.29, 1.82) is 0 Å². The Morgan fingerprint density at radius 3 is 3.06 bits per heavy atom. The topological polar surface area (TPSA) is 30.9 Å². The number of nitrogens with zero attached hydrogens (tertiary/aromatic N) is 1. The van der Waals surface area contributed by atoms with Gasteiger partial charge in [0, 0.05) is 17.8 Å². The number of aromatic nitrogens is 1. The first-order valence-electron chi connectivity index (χ1n) is 6.07. The minimum absolute atomic E-state index is 0.656. The summed E-state index contributed by atoms with van der Waals surface area (Å²) in [5.74, 6) is 0.656. The van der Waals surface area contributed by atoms with Crippen molar-refractivity contribution in [2.24, 2.45) is 11.7 Å². The van der Waals surface area contributed by atoms with Gasteiger partial charge in [0.1, 0.15) is 0 Å². The zero-order chi connectivity index (χ0) is 11.1. The zero-order valence-electron chi connectivity index (χ0n) is 9.74. The van der Waals surface area contributed by atoms with Gasteiger partial charge in [-0.05, 0) is 55.3 Å². The van der Waals surface area contributed by atoms with Crippen molar-refractivity contribution < 1.29 is 0 Å². The third kappa shape index (κ3) is 1.45. The fraction of sp³-hybridized carbons (Fsp3) is 0.429. The molecule has 2 nitrogen and oxygen atoms in total. The molecule has 84 valence electrons. The van der Waals surface area contributed by atoms with E-state index in [4.69, 9.17) is 5.73 Å². The predicted molar refractivity (Wildman–Crippen MR) is 67.5 cm³/mol. The minimum Gasteiger partial charge on any atom is -0.344 e. The van der Waals surface area contributed by atoms with Crippen LogP contribution in [0.3, 0.4) is 0 Å². The molecule has 1 aromatic carbocycles. The average Bonchev–Trinajstić information content (AvgIpc) is 2.66. The van der Waals surface area contributed by atoms with E-state index < -0.39 is 0 Å². The largest absolute Gasteiger partial charge is 0.344 e. The molecule has 1 aliphatic rings. The van der Waals surface area contributed by atoms with Gasteiger partial charge >= 0.3 is 0 Å². The fourth-order valence-electron chi connectivity index (χ4n) is 2.74. The molecule has 0 fully saturated rings. The molecule has 1 aromatic heterocycles. The van der Waals surface area contributed by atoms with Crippen LogP contribution in [0.5, 0.6) is 0 Å². The molecule has 2 aromatic rings. The number of benzene rings is 1. The number of hydrogen-bond donors (Lipinski definition) is 1. The van der Waals surface area contributed by atoms with Crippen molar-refractivity contribution in [3.05, 3.63) is 35.5 Å². The van der Waals surface area contributed by atoms with E-state index in [0.29, 0.717) is 5.92 Å². The molecule has 2 N–H and O–H groups in total. The third-order valence-electron chi connectivity index (χ3n) is 3.73. The number of nitrogens with two attached hydrogens (primary N) is 1. The van der Waals surface area contributed by atoms with Crippen LogP contribution in [0.15, 0.2) is 24.3 Å². The standard InChI is InChI=1S/C14H18N2/c1-10-2-4-12-7-13-5-3-11(8-15)9-16(13)14(12)6-10/h2,4,6-7,11H,3,5,8-9,15H2,1H3. The molecule has 0 saturated heterocycles. The number of hydrogen-bond acceptors (Lipinski definition) is 1.